The number of aliphatic carboxylic acids is 1. The first-order chi connectivity index (χ1) is 10.6. The van der Waals surface area contributed by atoms with E-state index in [0.29, 0.717) is 11.4 Å². The van der Waals surface area contributed by atoms with Gasteiger partial charge in [0.25, 0.3) is 0 Å². The predicted molar refractivity (Wildman–Crippen MR) is 84.7 cm³/mol. The molecule has 0 atom stereocenters. The minimum Gasteiger partial charge on any atom is -0.481 e. The lowest BCUT2D eigenvalue weighted by Crippen LogP contribution is -1.98. The van der Waals surface area contributed by atoms with Gasteiger partial charge in [0.05, 0.1) is 10.5 Å². The van der Waals surface area contributed by atoms with Crippen LogP contribution in [-0.4, -0.2) is 16.1 Å². The van der Waals surface area contributed by atoms with E-state index >= 15 is 0 Å². The van der Waals surface area contributed by atoms with E-state index in [1.165, 1.54) is 12.1 Å². The van der Waals surface area contributed by atoms with Crippen LogP contribution in [0.3, 0.4) is 0 Å². The average molecular weight is 318 g/mol. The van der Waals surface area contributed by atoms with Gasteiger partial charge < -0.3 is 10.1 Å². The highest BCUT2D eigenvalue weighted by atomic mass is 35.5. The molecule has 0 saturated carbocycles. The molecular weight excluding hydrogens is 305 g/mol. The van der Waals surface area contributed by atoms with Gasteiger partial charge in [-0.1, -0.05) is 23.7 Å². The molecule has 0 aliphatic rings. The third-order valence-electron chi connectivity index (χ3n) is 3.61. The molecule has 0 fully saturated rings. The summed E-state index contributed by atoms with van der Waals surface area (Å²) >= 11 is 6.21. The highest BCUT2D eigenvalue weighted by Crippen LogP contribution is 2.34. The van der Waals surface area contributed by atoms with Crippen LogP contribution in [0.15, 0.2) is 42.5 Å². The zero-order chi connectivity index (χ0) is 15.7. The number of hydrogen-bond acceptors (Lipinski definition) is 1. The lowest BCUT2D eigenvalue weighted by atomic mass is 10.0. The van der Waals surface area contributed by atoms with Gasteiger partial charge in [0, 0.05) is 17.5 Å². The van der Waals surface area contributed by atoms with Crippen molar-refractivity contribution >= 4 is 28.5 Å². The SMILES string of the molecule is O=C(O)CCc1c(-c2ccc(F)cc2)[nH]c2c(Cl)cccc12. The molecule has 22 heavy (non-hydrogen) atoms. The molecule has 3 rings (SSSR count). The minimum atomic E-state index is -0.860. The molecule has 112 valence electrons. The third-order valence-corrected chi connectivity index (χ3v) is 3.93. The monoisotopic (exact) mass is 317 g/mol. The maximum Gasteiger partial charge on any atom is 0.303 e. The molecule has 0 saturated heterocycles. The summed E-state index contributed by atoms with van der Waals surface area (Å²) in [6, 6.07) is 11.6. The van der Waals surface area contributed by atoms with Gasteiger partial charge in [-0.2, -0.15) is 0 Å². The van der Waals surface area contributed by atoms with Crippen LogP contribution in [0, 0.1) is 5.82 Å². The van der Waals surface area contributed by atoms with Crippen LogP contribution in [0.5, 0.6) is 0 Å². The molecule has 5 heteroatoms. The standard InChI is InChI=1S/C17H13ClFNO2/c18-14-3-1-2-12-13(8-9-15(21)22)16(20-17(12)14)10-4-6-11(19)7-5-10/h1-7,20H,8-9H2,(H,21,22). The van der Waals surface area contributed by atoms with Crippen molar-refractivity contribution in [2.45, 2.75) is 12.8 Å². The molecule has 0 bridgehead atoms. The number of fused-ring (bicyclic) bond motifs is 1. The molecular formula is C17H13ClFNO2. The number of carboxylic acids is 1. The Hall–Kier alpha value is -2.33. The third kappa shape index (κ3) is 2.70. The molecule has 1 aromatic heterocycles. The van der Waals surface area contributed by atoms with E-state index in [-0.39, 0.29) is 12.2 Å². The number of carbonyl (C=O) groups is 1. The van der Waals surface area contributed by atoms with Crippen molar-refractivity contribution in [1.82, 2.24) is 4.98 Å². The van der Waals surface area contributed by atoms with Gasteiger partial charge in [0.2, 0.25) is 0 Å². The number of aromatic nitrogens is 1. The Morgan fingerprint density at radius 2 is 1.91 bits per heavy atom. The number of H-pyrrole nitrogens is 1. The molecule has 2 N–H and O–H groups in total. The number of benzene rings is 2. The largest absolute Gasteiger partial charge is 0.481 e. The Morgan fingerprint density at radius 3 is 2.59 bits per heavy atom. The number of aromatic amines is 1. The van der Waals surface area contributed by atoms with Gasteiger partial charge in [0.1, 0.15) is 5.82 Å². The minimum absolute atomic E-state index is 0.0215. The van der Waals surface area contributed by atoms with Crippen LogP contribution in [0.25, 0.3) is 22.2 Å². The highest BCUT2D eigenvalue weighted by Gasteiger charge is 2.15. The van der Waals surface area contributed by atoms with Crippen LogP contribution >= 0.6 is 11.6 Å². The van der Waals surface area contributed by atoms with Gasteiger partial charge >= 0.3 is 5.97 Å². The van der Waals surface area contributed by atoms with Gasteiger partial charge in [-0.25, -0.2) is 4.39 Å². The molecule has 0 unspecified atom stereocenters. The summed E-state index contributed by atoms with van der Waals surface area (Å²) < 4.78 is 13.1. The second kappa shape index (κ2) is 5.81. The van der Waals surface area contributed by atoms with E-state index in [0.717, 1.165) is 27.7 Å². The Labute approximate surface area is 131 Å². The van der Waals surface area contributed by atoms with Crippen molar-refractivity contribution in [3.05, 3.63) is 58.9 Å². The van der Waals surface area contributed by atoms with E-state index in [1.807, 2.05) is 12.1 Å². The highest BCUT2D eigenvalue weighted by molar-refractivity contribution is 6.35. The van der Waals surface area contributed by atoms with Crippen molar-refractivity contribution < 1.29 is 14.3 Å². The lowest BCUT2D eigenvalue weighted by molar-refractivity contribution is -0.136. The molecule has 3 nitrogen and oxygen atoms in total. The summed E-state index contributed by atoms with van der Waals surface area (Å²) in [7, 11) is 0. The molecule has 0 aliphatic heterocycles. The van der Waals surface area contributed by atoms with Crippen LogP contribution < -0.4 is 0 Å². The van der Waals surface area contributed by atoms with Crippen molar-refractivity contribution in [1.29, 1.82) is 0 Å². The second-order valence-corrected chi connectivity index (χ2v) is 5.45. The average Bonchev–Trinajstić information content (AvgIpc) is 2.86. The summed E-state index contributed by atoms with van der Waals surface area (Å²) in [5, 5.41) is 10.4. The summed E-state index contributed by atoms with van der Waals surface area (Å²) in [6.45, 7) is 0. The molecule has 0 radical (unpaired) electrons. The first kappa shape index (κ1) is 14.6. The summed E-state index contributed by atoms with van der Waals surface area (Å²) in [5.41, 5.74) is 3.23. The van der Waals surface area contributed by atoms with Crippen LogP contribution in [0.2, 0.25) is 5.02 Å². The van der Waals surface area contributed by atoms with Crippen molar-refractivity contribution in [3.8, 4) is 11.3 Å². The Balaban J connectivity index is 2.18. The smallest absolute Gasteiger partial charge is 0.303 e. The number of carboxylic acid groups (broad SMARTS) is 1. The summed E-state index contributed by atoms with van der Waals surface area (Å²) in [6.07, 6.45) is 0.399. The van der Waals surface area contributed by atoms with Crippen molar-refractivity contribution in [2.75, 3.05) is 0 Å². The van der Waals surface area contributed by atoms with E-state index in [2.05, 4.69) is 4.98 Å². The second-order valence-electron chi connectivity index (χ2n) is 5.04. The van der Waals surface area contributed by atoms with E-state index in [9.17, 15) is 9.18 Å². The number of para-hydroxylation sites is 1. The van der Waals surface area contributed by atoms with E-state index in [4.69, 9.17) is 16.7 Å². The van der Waals surface area contributed by atoms with Gasteiger partial charge in [-0.3, -0.25) is 4.79 Å². The number of nitrogens with one attached hydrogen (secondary N) is 1. The molecule has 3 aromatic rings. The summed E-state index contributed by atoms with van der Waals surface area (Å²) in [5.74, 6) is -1.17. The zero-order valence-corrected chi connectivity index (χ0v) is 12.3. The lowest BCUT2D eigenvalue weighted by Gasteiger charge is -2.04. The number of hydrogen-bond donors (Lipinski definition) is 2. The predicted octanol–water partition coefficient (Wildman–Crippen LogP) is 4.64. The fourth-order valence-corrected chi connectivity index (χ4v) is 2.81. The van der Waals surface area contributed by atoms with Gasteiger partial charge in [-0.15, -0.1) is 0 Å². The maximum absolute atomic E-state index is 13.1. The molecule has 0 spiro atoms. The van der Waals surface area contributed by atoms with Gasteiger partial charge in [-0.05, 0) is 47.9 Å². The molecule has 2 aromatic carbocycles. The maximum atomic E-state index is 13.1. The Kier molecular flexibility index (Phi) is 3.86. The fraction of sp³-hybridized carbons (Fsp3) is 0.118. The zero-order valence-electron chi connectivity index (χ0n) is 11.6. The number of aryl methyl sites for hydroxylation is 1. The fourth-order valence-electron chi connectivity index (χ4n) is 2.59. The first-order valence-electron chi connectivity index (χ1n) is 6.83. The van der Waals surface area contributed by atoms with Crippen molar-refractivity contribution in [2.24, 2.45) is 0 Å². The van der Waals surface area contributed by atoms with Gasteiger partial charge in [0.15, 0.2) is 0 Å². The van der Waals surface area contributed by atoms with Crippen LogP contribution in [-0.2, 0) is 11.2 Å². The first-order valence-corrected chi connectivity index (χ1v) is 7.21. The number of halogens is 2. The van der Waals surface area contributed by atoms with E-state index in [1.54, 1.807) is 18.2 Å². The van der Waals surface area contributed by atoms with E-state index < -0.39 is 5.97 Å². The summed E-state index contributed by atoms with van der Waals surface area (Å²) in [4.78, 5) is 14.1. The van der Waals surface area contributed by atoms with Crippen LogP contribution in [0.1, 0.15) is 12.0 Å². The molecule has 0 aliphatic carbocycles. The topological polar surface area (TPSA) is 53.1 Å². The molecule has 0 amide bonds. The number of rotatable bonds is 4. The normalized spacial score (nSPS) is 11.0. The quantitative estimate of drug-likeness (QED) is 0.736. The van der Waals surface area contributed by atoms with Crippen LogP contribution in [0.4, 0.5) is 4.39 Å². The Morgan fingerprint density at radius 1 is 1.18 bits per heavy atom. The van der Waals surface area contributed by atoms with Crippen molar-refractivity contribution in [3.63, 3.8) is 0 Å². The Bertz CT molecular complexity index is 840. The molecule has 1 heterocycles.